The third-order valence-electron chi connectivity index (χ3n) is 2.88. The van der Waals surface area contributed by atoms with Gasteiger partial charge in [-0.15, -0.1) is 0 Å². The van der Waals surface area contributed by atoms with Gasteiger partial charge in [-0.1, -0.05) is 0 Å². The lowest BCUT2D eigenvalue weighted by atomic mass is 10.4. The molecule has 0 radical (unpaired) electrons. The summed E-state index contributed by atoms with van der Waals surface area (Å²) in [5.74, 6) is 1.28. The topological polar surface area (TPSA) is 75.7 Å². The highest BCUT2D eigenvalue weighted by molar-refractivity contribution is 5.50. The molecule has 0 unspecified atom stereocenters. The van der Waals surface area contributed by atoms with Crippen LogP contribution in [0.25, 0.3) is 11.5 Å². The van der Waals surface area contributed by atoms with Crippen LogP contribution in [0.1, 0.15) is 18.5 Å². The molecule has 0 saturated heterocycles. The molecule has 2 aromatic rings. The summed E-state index contributed by atoms with van der Waals surface area (Å²) >= 11 is 0. The molecule has 2 N–H and O–H groups in total. The van der Waals surface area contributed by atoms with E-state index in [2.05, 4.69) is 25.3 Å². The number of aromatic nitrogens is 4. The molecule has 0 atom stereocenters. The zero-order valence-electron chi connectivity index (χ0n) is 10.2. The van der Waals surface area contributed by atoms with Gasteiger partial charge in [-0.05, 0) is 12.8 Å². The number of hydrogen-bond donors (Lipinski definition) is 2. The highest BCUT2D eigenvalue weighted by Crippen LogP contribution is 2.20. The number of imidazole rings is 1. The number of nitrogens with one attached hydrogen (secondary N) is 2. The van der Waals surface area contributed by atoms with Gasteiger partial charge in [0.05, 0.1) is 13.3 Å². The van der Waals surface area contributed by atoms with Gasteiger partial charge in [-0.25, -0.2) is 15.0 Å². The van der Waals surface area contributed by atoms with Crippen molar-refractivity contribution in [1.82, 2.24) is 25.3 Å². The van der Waals surface area contributed by atoms with Gasteiger partial charge in [0.1, 0.15) is 12.0 Å². The van der Waals surface area contributed by atoms with E-state index >= 15 is 0 Å². The standard InChI is InChI=1S/C12H15N5O/c1-18-11-4-10(15-7-16-11)12-14-6-9(17-12)5-13-8-2-3-8/h4,6-8,13H,2-3,5H2,1H3,(H,14,17). The lowest BCUT2D eigenvalue weighted by Gasteiger charge is -2.00. The van der Waals surface area contributed by atoms with Crippen LogP contribution in [0.15, 0.2) is 18.6 Å². The van der Waals surface area contributed by atoms with Gasteiger partial charge in [0, 0.05) is 24.3 Å². The molecular weight excluding hydrogens is 230 g/mol. The highest BCUT2D eigenvalue weighted by Gasteiger charge is 2.20. The molecule has 1 aliphatic carbocycles. The monoisotopic (exact) mass is 245 g/mol. The van der Waals surface area contributed by atoms with Gasteiger partial charge in [-0.3, -0.25) is 0 Å². The summed E-state index contributed by atoms with van der Waals surface area (Å²) in [5.41, 5.74) is 1.80. The molecule has 18 heavy (non-hydrogen) atoms. The maximum Gasteiger partial charge on any atom is 0.216 e. The average molecular weight is 245 g/mol. The summed E-state index contributed by atoms with van der Waals surface area (Å²) in [7, 11) is 1.58. The lowest BCUT2D eigenvalue weighted by Crippen LogP contribution is -2.15. The van der Waals surface area contributed by atoms with E-state index in [9.17, 15) is 0 Å². The van der Waals surface area contributed by atoms with Crippen LogP contribution in [0, 0.1) is 0 Å². The van der Waals surface area contributed by atoms with E-state index in [-0.39, 0.29) is 0 Å². The quantitative estimate of drug-likeness (QED) is 0.825. The fraction of sp³-hybridized carbons (Fsp3) is 0.417. The van der Waals surface area contributed by atoms with E-state index in [0.717, 1.165) is 23.8 Å². The number of nitrogens with zero attached hydrogens (tertiary/aromatic N) is 3. The van der Waals surface area contributed by atoms with E-state index in [0.29, 0.717) is 11.9 Å². The average Bonchev–Trinajstić information content (AvgIpc) is 3.13. The third-order valence-corrected chi connectivity index (χ3v) is 2.88. The predicted molar refractivity (Wildman–Crippen MR) is 66.0 cm³/mol. The van der Waals surface area contributed by atoms with Gasteiger partial charge < -0.3 is 15.0 Å². The minimum atomic E-state index is 0.536. The number of methoxy groups -OCH3 is 1. The van der Waals surface area contributed by atoms with Gasteiger partial charge in [0.15, 0.2) is 5.82 Å². The molecule has 2 heterocycles. The second kappa shape index (κ2) is 4.73. The molecule has 3 rings (SSSR count). The van der Waals surface area contributed by atoms with Gasteiger partial charge in [0.25, 0.3) is 0 Å². The van der Waals surface area contributed by atoms with Crippen molar-refractivity contribution in [1.29, 1.82) is 0 Å². The Labute approximate surface area is 105 Å². The Balaban J connectivity index is 1.74. The molecule has 1 saturated carbocycles. The van der Waals surface area contributed by atoms with Crippen LogP contribution in [-0.4, -0.2) is 33.1 Å². The second-order valence-corrected chi connectivity index (χ2v) is 4.36. The molecule has 0 aromatic carbocycles. The van der Waals surface area contributed by atoms with Crippen LogP contribution in [0.2, 0.25) is 0 Å². The summed E-state index contributed by atoms with van der Waals surface area (Å²) in [6, 6.07) is 2.45. The summed E-state index contributed by atoms with van der Waals surface area (Å²) in [4.78, 5) is 15.7. The summed E-state index contributed by atoms with van der Waals surface area (Å²) in [6.07, 6.45) is 5.87. The van der Waals surface area contributed by atoms with Gasteiger partial charge in [0.2, 0.25) is 5.88 Å². The van der Waals surface area contributed by atoms with E-state index in [1.54, 1.807) is 13.2 Å². The van der Waals surface area contributed by atoms with Crippen LogP contribution in [0.4, 0.5) is 0 Å². The molecule has 6 heteroatoms. The van der Waals surface area contributed by atoms with Crippen LogP contribution < -0.4 is 10.1 Å². The zero-order chi connectivity index (χ0) is 12.4. The molecule has 0 spiro atoms. The molecule has 94 valence electrons. The van der Waals surface area contributed by atoms with E-state index in [1.165, 1.54) is 19.2 Å². The normalized spacial score (nSPS) is 14.7. The maximum absolute atomic E-state index is 5.07. The molecule has 0 amide bonds. The number of H-pyrrole nitrogens is 1. The number of hydrogen-bond acceptors (Lipinski definition) is 5. The van der Waals surface area contributed by atoms with Crippen molar-refractivity contribution in [2.24, 2.45) is 0 Å². The van der Waals surface area contributed by atoms with Gasteiger partial charge >= 0.3 is 0 Å². The van der Waals surface area contributed by atoms with Crippen molar-refractivity contribution in [2.75, 3.05) is 7.11 Å². The van der Waals surface area contributed by atoms with E-state index in [4.69, 9.17) is 4.74 Å². The SMILES string of the molecule is COc1cc(-c2ncc(CNC3CC3)[nH]2)ncn1. The predicted octanol–water partition coefficient (Wildman–Crippen LogP) is 1.13. The first-order valence-electron chi connectivity index (χ1n) is 5.99. The first kappa shape index (κ1) is 11.2. The van der Waals surface area contributed by atoms with Crippen LogP contribution in [-0.2, 0) is 6.54 Å². The number of ether oxygens (including phenoxy) is 1. The molecule has 0 aliphatic heterocycles. The Morgan fingerprint density at radius 2 is 2.28 bits per heavy atom. The third kappa shape index (κ3) is 2.48. The zero-order valence-corrected chi connectivity index (χ0v) is 10.2. The summed E-state index contributed by atoms with van der Waals surface area (Å²) < 4.78 is 5.07. The van der Waals surface area contributed by atoms with Gasteiger partial charge in [-0.2, -0.15) is 0 Å². The lowest BCUT2D eigenvalue weighted by molar-refractivity contribution is 0.397. The molecule has 1 fully saturated rings. The first-order chi connectivity index (χ1) is 8.85. The molecule has 0 bridgehead atoms. The van der Waals surface area contributed by atoms with Crippen molar-refractivity contribution in [3.63, 3.8) is 0 Å². The van der Waals surface area contributed by atoms with E-state index in [1.807, 2.05) is 6.20 Å². The van der Waals surface area contributed by atoms with Crippen molar-refractivity contribution in [2.45, 2.75) is 25.4 Å². The van der Waals surface area contributed by atoms with Crippen molar-refractivity contribution in [3.8, 4) is 17.4 Å². The fourth-order valence-corrected chi connectivity index (χ4v) is 1.70. The minimum absolute atomic E-state index is 0.536. The fourth-order valence-electron chi connectivity index (χ4n) is 1.70. The largest absolute Gasteiger partial charge is 0.481 e. The number of aromatic amines is 1. The molecular formula is C12H15N5O. The Bertz CT molecular complexity index is 535. The Hall–Kier alpha value is -1.95. The van der Waals surface area contributed by atoms with Crippen molar-refractivity contribution < 1.29 is 4.74 Å². The van der Waals surface area contributed by atoms with Crippen LogP contribution >= 0.6 is 0 Å². The Morgan fingerprint density at radius 1 is 1.39 bits per heavy atom. The Kier molecular flexibility index (Phi) is 2.93. The highest BCUT2D eigenvalue weighted by atomic mass is 16.5. The van der Waals surface area contributed by atoms with Crippen molar-refractivity contribution >= 4 is 0 Å². The molecule has 6 nitrogen and oxygen atoms in total. The Morgan fingerprint density at radius 3 is 3.06 bits per heavy atom. The summed E-state index contributed by atoms with van der Waals surface area (Å²) in [6.45, 7) is 0.819. The first-order valence-corrected chi connectivity index (χ1v) is 5.99. The molecule has 2 aromatic heterocycles. The smallest absolute Gasteiger partial charge is 0.216 e. The van der Waals surface area contributed by atoms with Crippen LogP contribution in [0.5, 0.6) is 5.88 Å². The second-order valence-electron chi connectivity index (χ2n) is 4.36. The van der Waals surface area contributed by atoms with Crippen LogP contribution in [0.3, 0.4) is 0 Å². The minimum Gasteiger partial charge on any atom is -0.481 e. The van der Waals surface area contributed by atoms with E-state index < -0.39 is 0 Å². The number of rotatable bonds is 5. The molecule has 1 aliphatic rings. The summed E-state index contributed by atoms with van der Waals surface area (Å²) in [5, 5.41) is 3.43. The maximum atomic E-state index is 5.07. The van der Waals surface area contributed by atoms with Crippen molar-refractivity contribution in [3.05, 3.63) is 24.3 Å².